The molecule has 0 aliphatic rings. The molecule has 0 fully saturated rings. The molecule has 3 heterocycles. The van der Waals surface area contributed by atoms with Crippen molar-refractivity contribution in [3.05, 3.63) is 52.9 Å². The van der Waals surface area contributed by atoms with Crippen molar-refractivity contribution < 1.29 is 14.6 Å². The molecule has 25 heavy (non-hydrogen) atoms. The molecule has 4 rings (SSSR count). The molecule has 0 unspecified atom stereocenters. The van der Waals surface area contributed by atoms with Gasteiger partial charge in [-0.3, -0.25) is 9.20 Å². The smallest absolute Gasteiger partial charge is 0.261 e. The van der Waals surface area contributed by atoms with Gasteiger partial charge in [-0.15, -0.1) is 22.7 Å². The van der Waals surface area contributed by atoms with Crippen molar-refractivity contribution in [2.75, 3.05) is 13.2 Å². The van der Waals surface area contributed by atoms with Crippen molar-refractivity contribution >= 4 is 43.9 Å². The van der Waals surface area contributed by atoms with Gasteiger partial charge in [0.15, 0.2) is 4.96 Å². The number of thiazole rings is 1. The van der Waals surface area contributed by atoms with Crippen molar-refractivity contribution in [1.29, 1.82) is 0 Å². The van der Waals surface area contributed by atoms with Crippen LogP contribution in [0, 0.1) is 0 Å². The topological polar surface area (TPSA) is 75.9 Å². The van der Waals surface area contributed by atoms with Crippen LogP contribution in [0.2, 0.25) is 0 Å². The Morgan fingerprint density at radius 1 is 1.36 bits per heavy atom. The fraction of sp³-hybridized carbons (Fsp3) is 0.176. The highest BCUT2D eigenvalue weighted by Gasteiger charge is 2.16. The van der Waals surface area contributed by atoms with Gasteiger partial charge in [-0.2, -0.15) is 0 Å². The van der Waals surface area contributed by atoms with Crippen molar-refractivity contribution in [2.45, 2.75) is 6.10 Å². The summed E-state index contributed by atoms with van der Waals surface area (Å²) in [5.41, 5.74) is 0.930. The van der Waals surface area contributed by atoms with E-state index in [0.29, 0.717) is 10.6 Å². The Kier molecular flexibility index (Phi) is 4.39. The molecule has 1 amide bonds. The predicted molar refractivity (Wildman–Crippen MR) is 98.7 cm³/mol. The summed E-state index contributed by atoms with van der Waals surface area (Å²) in [6, 6.07) is 11.1. The van der Waals surface area contributed by atoms with Crippen LogP contribution >= 0.6 is 22.7 Å². The van der Waals surface area contributed by atoms with Crippen molar-refractivity contribution in [3.8, 4) is 5.75 Å². The van der Waals surface area contributed by atoms with E-state index in [1.807, 2.05) is 52.4 Å². The third-order valence-corrected chi connectivity index (χ3v) is 5.42. The number of para-hydroxylation sites is 1. The van der Waals surface area contributed by atoms with Crippen LogP contribution in [0.4, 0.5) is 0 Å². The van der Waals surface area contributed by atoms with E-state index in [4.69, 9.17) is 4.74 Å². The molecular weight excluding hydrogens is 358 g/mol. The molecular formula is C17H15N3O3S2. The number of aliphatic hydroxyl groups is 1. The molecule has 6 nitrogen and oxygen atoms in total. The van der Waals surface area contributed by atoms with E-state index >= 15 is 0 Å². The Labute approximate surface area is 151 Å². The molecule has 128 valence electrons. The van der Waals surface area contributed by atoms with Crippen LogP contribution in [-0.2, 0) is 0 Å². The van der Waals surface area contributed by atoms with E-state index in [-0.39, 0.29) is 19.1 Å². The van der Waals surface area contributed by atoms with Crippen LogP contribution in [0.1, 0.15) is 9.67 Å². The van der Waals surface area contributed by atoms with Crippen LogP contribution in [0.3, 0.4) is 0 Å². The van der Waals surface area contributed by atoms with Gasteiger partial charge in [-0.1, -0.05) is 18.2 Å². The van der Waals surface area contributed by atoms with E-state index in [1.54, 1.807) is 11.3 Å². The normalized spacial score (nSPS) is 12.5. The van der Waals surface area contributed by atoms with E-state index in [1.165, 1.54) is 11.3 Å². The first kappa shape index (κ1) is 16.1. The van der Waals surface area contributed by atoms with Gasteiger partial charge in [0, 0.05) is 18.1 Å². The lowest BCUT2D eigenvalue weighted by Gasteiger charge is -2.12. The number of rotatable bonds is 6. The van der Waals surface area contributed by atoms with Gasteiger partial charge in [0.25, 0.3) is 5.91 Å². The summed E-state index contributed by atoms with van der Waals surface area (Å²) in [4.78, 5) is 19.1. The Morgan fingerprint density at radius 2 is 2.20 bits per heavy atom. The zero-order valence-corrected chi connectivity index (χ0v) is 14.7. The SMILES string of the molecule is O=C(NC[C@@H](O)COc1ccccc1)c1cc2c(nc3sccn32)s1. The average Bonchev–Trinajstić information content (AvgIpc) is 3.30. The molecule has 0 bridgehead atoms. The lowest BCUT2D eigenvalue weighted by atomic mass is 10.3. The molecule has 4 aromatic rings. The zero-order chi connectivity index (χ0) is 17.2. The number of amides is 1. The summed E-state index contributed by atoms with van der Waals surface area (Å²) < 4.78 is 7.44. The highest BCUT2D eigenvalue weighted by molar-refractivity contribution is 7.21. The van der Waals surface area contributed by atoms with Gasteiger partial charge in [0.05, 0.1) is 10.4 Å². The summed E-state index contributed by atoms with van der Waals surface area (Å²) >= 11 is 2.91. The lowest BCUT2D eigenvalue weighted by molar-refractivity contribution is 0.0847. The molecule has 0 aliphatic heterocycles. The number of imidazole rings is 1. The zero-order valence-electron chi connectivity index (χ0n) is 13.1. The van der Waals surface area contributed by atoms with Crippen LogP contribution in [0.5, 0.6) is 5.75 Å². The molecule has 0 spiro atoms. The number of fused-ring (bicyclic) bond motifs is 3. The Hall–Kier alpha value is -2.42. The maximum Gasteiger partial charge on any atom is 0.261 e. The first-order chi connectivity index (χ1) is 12.2. The number of thiophene rings is 1. The lowest BCUT2D eigenvalue weighted by Crippen LogP contribution is -2.34. The van der Waals surface area contributed by atoms with E-state index in [0.717, 1.165) is 15.3 Å². The Morgan fingerprint density at radius 3 is 3.04 bits per heavy atom. The number of ether oxygens (including phenoxy) is 1. The minimum atomic E-state index is -0.779. The quantitative estimate of drug-likeness (QED) is 0.545. The third kappa shape index (κ3) is 3.37. The second-order valence-electron chi connectivity index (χ2n) is 5.46. The van der Waals surface area contributed by atoms with Gasteiger partial charge in [0.2, 0.25) is 0 Å². The highest BCUT2D eigenvalue weighted by Crippen LogP contribution is 2.28. The van der Waals surface area contributed by atoms with Gasteiger partial charge in [-0.25, -0.2) is 4.98 Å². The van der Waals surface area contributed by atoms with Gasteiger partial charge in [0.1, 0.15) is 23.3 Å². The minimum absolute atomic E-state index is 0.120. The average molecular weight is 373 g/mol. The Balaban J connectivity index is 1.34. The number of aliphatic hydroxyl groups excluding tert-OH is 1. The maximum absolute atomic E-state index is 12.3. The summed E-state index contributed by atoms with van der Waals surface area (Å²) in [5.74, 6) is 0.471. The van der Waals surface area contributed by atoms with E-state index in [9.17, 15) is 9.90 Å². The number of aromatic nitrogens is 2. The van der Waals surface area contributed by atoms with E-state index < -0.39 is 6.10 Å². The van der Waals surface area contributed by atoms with Gasteiger partial charge >= 0.3 is 0 Å². The summed E-state index contributed by atoms with van der Waals surface area (Å²) in [6.45, 7) is 0.247. The molecule has 0 saturated heterocycles. The van der Waals surface area contributed by atoms with Crippen molar-refractivity contribution in [3.63, 3.8) is 0 Å². The van der Waals surface area contributed by atoms with Crippen LogP contribution < -0.4 is 10.1 Å². The molecule has 0 aliphatic carbocycles. The monoisotopic (exact) mass is 373 g/mol. The number of hydrogen-bond acceptors (Lipinski definition) is 6. The second-order valence-corrected chi connectivity index (χ2v) is 7.36. The van der Waals surface area contributed by atoms with Crippen molar-refractivity contribution in [2.24, 2.45) is 0 Å². The van der Waals surface area contributed by atoms with Crippen molar-refractivity contribution in [1.82, 2.24) is 14.7 Å². The fourth-order valence-electron chi connectivity index (χ4n) is 2.43. The standard InChI is InChI=1S/C17H15N3O3S2/c21-11(10-23-12-4-2-1-3-5-12)9-18-15(22)14-8-13-16(25-14)19-17-20(13)6-7-24-17/h1-8,11,21H,9-10H2,(H,18,22)/t11-/m1/s1. The fourth-order valence-corrected chi connectivity index (χ4v) is 4.14. The first-order valence-corrected chi connectivity index (χ1v) is 9.39. The van der Waals surface area contributed by atoms with Crippen LogP contribution in [-0.4, -0.2) is 39.7 Å². The molecule has 0 saturated carbocycles. The highest BCUT2D eigenvalue weighted by atomic mass is 32.1. The molecule has 1 atom stereocenters. The van der Waals surface area contributed by atoms with Gasteiger partial charge < -0.3 is 15.2 Å². The predicted octanol–water partition coefficient (Wildman–Crippen LogP) is 2.78. The summed E-state index contributed by atoms with van der Waals surface area (Å²) in [7, 11) is 0. The largest absolute Gasteiger partial charge is 0.491 e. The molecule has 0 radical (unpaired) electrons. The number of carbonyl (C=O) groups excluding carboxylic acids is 1. The molecule has 2 N–H and O–H groups in total. The maximum atomic E-state index is 12.3. The van der Waals surface area contributed by atoms with Crippen LogP contribution in [0.25, 0.3) is 15.3 Å². The van der Waals surface area contributed by atoms with Gasteiger partial charge in [-0.05, 0) is 18.2 Å². The number of nitrogens with one attached hydrogen (secondary N) is 1. The molecule has 3 aromatic heterocycles. The minimum Gasteiger partial charge on any atom is -0.491 e. The third-order valence-electron chi connectivity index (χ3n) is 3.65. The number of hydrogen-bond donors (Lipinski definition) is 2. The molecule has 1 aromatic carbocycles. The summed E-state index contributed by atoms with van der Waals surface area (Å²) in [6.07, 6.45) is 1.16. The first-order valence-electron chi connectivity index (χ1n) is 7.70. The number of benzene rings is 1. The van der Waals surface area contributed by atoms with E-state index in [2.05, 4.69) is 10.3 Å². The van der Waals surface area contributed by atoms with Crippen LogP contribution in [0.15, 0.2) is 48.0 Å². The molecule has 8 heteroatoms. The number of nitrogens with zero attached hydrogens (tertiary/aromatic N) is 2. The Bertz CT molecular complexity index is 1010. The number of carbonyl (C=O) groups is 1. The summed E-state index contributed by atoms with van der Waals surface area (Å²) in [5, 5.41) is 14.7. The second kappa shape index (κ2) is 6.83.